The van der Waals surface area contributed by atoms with E-state index < -0.39 is 0 Å². The Morgan fingerprint density at radius 2 is 2.12 bits per heavy atom. The van der Waals surface area contributed by atoms with Gasteiger partial charge in [0, 0.05) is 23.7 Å². The fourth-order valence-corrected chi connectivity index (χ4v) is 3.20. The van der Waals surface area contributed by atoms with Crippen molar-refractivity contribution in [3.63, 3.8) is 0 Å². The first kappa shape index (κ1) is 16.8. The maximum atomic E-state index is 12.3. The van der Waals surface area contributed by atoms with Crippen LogP contribution in [-0.2, 0) is 4.74 Å². The number of rotatable bonds is 4. The number of nitrogens with one attached hydrogen (secondary N) is 1. The van der Waals surface area contributed by atoms with Crippen molar-refractivity contribution in [3.05, 3.63) is 30.0 Å². The predicted molar refractivity (Wildman–Crippen MR) is 96.9 cm³/mol. The number of esters is 1. The maximum absolute atomic E-state index is 12.3. The molecule has 1 aromatic heterocycles. The lowest BCUT2D eigenvalue weighted by Gasteiger charge is -2.28. The van der Waals surface area contributed by atoms with Crippen LogP contribution in [0.3, 0.4) is 0 Å². The number of aromatic nitrogens is 1. The summed E-state index contributed by atoms with van der Waals surface area (Å²) in [6.07, 6.45) is 5.51. The number of nitrogens with two attached hydrogens (primary N) is 1. The molecule has 0 saturated heterocycles. The fraction of sp³-hybridized carbons (Fsp3) is 0.444. The molecule has 1 aromatic carbocycles. The van der Waals surface area contributed by atoms with Gasteiger partial charge in [0.1, 0.15) is 13.4 Å². The molecule has 5 nitrogen and oxygen atoms in total. The Hall–Kier alpha value is -2.08. The molecule has 1 aliphatic carbocycles. The molecule has 0 spiro atoms. The first-order chi connectivity index (χ1) is 11.6. The van der Waals surface area contributed by atoms with Gasteiger partial charge in [0.05, 0.1) is 17.8 Å². The molecule has 2 aromatic rings. The average Bonchev–Trinajstić information content (AvgIpc) is 2.57. The first-order valence-electron chi connectivity index (χ1n) is 8.46. The minimum atomic E-state index is -0.371. The number of benzene rings is 1. The number of ether oxygens (including phenoxy) is 1. The van der Waals surface area contributed by atoms with Crippen LogP contribution >= 0.6 is 0 Å². The summed E-state index contributed by atoms with van der Waals surface area (Å²) in [6, 6.07) is 6.08. The van der Waals surface area contributed by atoms with Crippen molar-refractivity contribution in [2.75, 3.05) is 11.9 Å². The summed E-state index contributed by atoms with van der Waals surface area (Å²) in [5.41, 5.74) is 8.63. The van der Waals surface area contributed by atoms with E-state index in [2.05, 4.69) is 10.3 Å². The van der Waals surface area contributed by atoms with E-state index in [1.165, 1.54) is 0 Å². The number of pyridine rings is 1. The third-order valence-corrected chi connectivity index (χ3v) is 4.51. The van der Waals surface area contributed by atoms with Gasteiger partial charge in [-0.2, -0.15) is 0 Å². The quantitative estimate of drug-likeness (QED) is 0.664. The van der Waals surface area contributed by atoms with E-state index in [1.807, 2.05) is 18.2 Å². The highest BCUT2D eigenvalue weighted by molar-refractivity contribution is 6.33. The van der Waals surface area contributed by atoms with Crippen LogP contribution in [0.2, 0.25) is 0 Å². The molecule has 124 valence electrons. The summed E-state index contributed by atoms with van der Waals surface area (Å²) < 4.78 is 5.18. The Bertz CT molecular complexity index is 742. The van der Waals surface area contributed by atoms with E-state index in [1.54, 1.807) is 13.1 Å². The zero-order chi connectivity index (χ0) is 17.1. The van der Waals surface area contributed by atoms with Crippen LogP contribution in [0, 0.1) is 0 Å². The molecule has 0 unspecified atom stereocenters. The van der Waals surface area contributed by atoms with Crippen LogP contribution in [0.1, 0.15) is 43.0 Å². The first-order valence-corrected chi connectivity index (χ1v) is 8.46. The molecule has 1 aliphatic rings. The van der Waals surface area contributed by atoms with E-state index in [0.717, 1.165) is 42.3 Å². The predicted octanol–water partition coefficient (Wildman–Crippen LogP) is 1.89. The monoisotopic (exact) mass is 323 g/mol. The minimum Gasteiger partial charge on any atom is -0.462 e. The Kier molecular flexibility index (Phi) is 5.04. The summed E-state index contributed by atoms with van der Waals surface area (Å²) in [5.74, 6) is -0.371. The van der Waals surface area contributed by atoms with Crippen LogP contribution < -0.4 is 16.5 Å². The van der Waals surface area contributed by atoms with Crippen LogP contribution in [0.4, 0.5) is 5.69 Å². The van der Waals surface area contributed by atoms with Crippen molar-refractivity contribution in [1.29, 1.82) is 0 Å². The number of carbonyl (C=O) groups is 1. The summed E-state index contributed by atoms with van der Waals surface area (Å²) in [4.78, 5) is 16.7. The fourth-order valence-electron chi connectivity index (χ4n) is 3.20. The van der Waals surface area contributed by atoms with Gasteiger partial charge in [-0.05, 0) is 38.7 Å². The largest absolute Gasteiger partial charge is 0.462 e. The van der Waals surface area contributed by atoms with E-state index in [9.17, 15) is 4.79 Å². The molecular weight excluding hydrogens is 301 g/mol. The number of fused-ring (bicyclic) bond motifs is 1. The van der Waals surface area contributed by atoms with Crippen LogP contribution in [0.25, 0.3) is 10.9 Å². The standard InChI is InChI=1S/C18H22BN3O2/c1-2-24-18(23)15-10-21-16-8-3-11(19)9-14(16)17(15)22-13-6-4-12(20)5-7-13/h3,8-10,12-13H,2,4-7,20H2,1H3,(H,21,22). The summed E-state index contributed by atoms with van der Waals surface area (Å²) in [7, 11) is 5.94. The van der Waals surface area contributed by atoms with Gasteiger partial charge in [0.25, 0.3) is 0 Å². The number of hydrogen-bond donors (Lipinski definition) is 2. The highest BCUT2D eigenvalue weighted by Crippen LogP contribution is 2.29. The molecule has 0 bridgehead atoms. The zero-order valence-corrected chi connectivity index (χ0v) is 13.9. The summed E-state index contributed by atoms with van der Waals surface area (Å²) >= 11 is 0. The van der Waals surface area contributed by atoms with Crippen LogP contribution in [0.15, 0.2) is 24.4 Å². The lowest BCUT2D eigenvalue weighted by atomic mass is 9.90. The highest BCUT2D eigenvalue weighted by atomic mass is 16.5. The molecule has 24 heavy (non-hydrogen) atoms. The van der Waals surface area contributed by atoms with Gasteiger partial charge < -0.3 is 15.8 Å². The van der Waals surface area contributed by atoms with Crippen molar-refractivity contribution in [2.45, 2.75) is 44.7 Å². The second-order valence-corrected chi connectivity index (χ2v) is 6.30. The lowest BCUT2D eigenvalue weighted by molar-refractivity contribution is 0.0527. The maximum Gasteiger partial charge on any atom is 0.341 e. The van der Waals surface area contributed by atoms with Gasteiger partial charge >= 0.3 is 5.97 Å². The second-order valence-electron chi connectivity index (χ2n) is 6.30. The van der Waals surface area contributed by atoms with Gasteiger partial charge in [0.2, 0.25) is 0 Å². The molecule has 1 heterocycles. The van der Waals surface area contributed by atoms with Crippen molar-refractivity contribution in [3.8, 4) is 0 Å². The summed E-state index contributed by atoms with van der Waals surface area (Å²) in [5, 5.41) is 4.37. The molecule has 3 N–H and O–H groups in total. The number of nitrogens with zero attached hydrogens (tertiary/aromatic N) is 1. The van der Waals surface area contributed by atoms with Gasteiger partial charge in [-0.1, -0.05) is 17.6 Å². The third-order valence-electron chi connectivity index (χ3n) is 4.51. The molecule has 6 heteroatoms. The van der Waals surface area contributed by atoms with Crippen LogP contribution in [-0.4, -0.2) is 37.5 Å². The van der Waals surface area contributed by atoms with Crippen molar-refractivity contribution >= 4 is 35.9 Å². The Labute approximate surface area is 143 Å². The van der Waals surface area contributed by atoms with E-state index in [-0.39, 0.29) is 18.1 Å². The van der Waals surface area contributed by atoms with Gasteiger partial charge in [-0.25, -0.2) is 4.79 Å². The van der Waals surface area contributed by atoms with E-state index in [4.69, 9.17) is 18.3 Å². The average molecular weight is 323 g/mol. The van der Waals surface area contributed by atoms with Crippen molar-refractivity contribution in [1.82, 2.24) is 4.98 Å². The molecule has 2 radical (unpaired) electrons. The van der Waals surface area contributed by atoms with Gasteiger partial charge in [0.15, 0.2) is 0 Å². The number of anilines is 1. The second kappa shape index (κ2) is 7.22. The normalized spacial score (nSPS) is 20.8. The molecule has 1 fully saturated rings. The smallest absolute Gasteiger partial charge is 0.341 e. The van der Waals surface area contributed by atoms with E-state index in [0.29, 0.717) is 17.6 Å². The molecule has 3 rings (SSSR count). The Balaban J connectivity index is 2.01. The molecule has 0 amide bonds. The number of hydrogen-bond acceptors (Lipinski definition) is 5. The van der Waals surface area contributed by atoms with E-state index >= 15 is 0 Å². The lowest BCUT2D eigenvalue weighted by Crippen LogP contribution is -2.33. The summed E-state index contributed by atoms with van der Waals surface area (Å²) in [6.45, 7) is 2.12. The van der Waals surface area contributed by atoms with Crippen molar-refractivity contribution < 1.29 is 9.53 Å². The topological polar surface area (TPSA) is 77.2 Å². The van der Waals surface area contributed by atoms with Gasteiger partial charge in [-0.3, -0.25) is 4.98 Å². The Morgan fingerprint density at radius 3 is 2.83 bits per heavy atom. The Morgan fingerprint density at radius 1 is 1.38 bits per heavy atom. The molecular formula is C18H22BN3O2. The zero-order valence-electron chi connectivity index (χ0n) is 13.9. The van der Waals surface area contributed by atoms with Gasteiger partial charge in [-0.15, -0.1) is 0 Å². The molecule has 0 atom stereocenters. The SMILES string of the molecule is [B]c1ccc2ncc(C(=O)OCC)c(NC3CCC(N)CC3)c2c1. The highest BCUT2D eigenvalue weighted by Gasteiger charge is 2.22. The molecule has 1 saturated carbocycles. The van der Waals surface area contributed by atoms with Crippen LogP contribution in [0.5, 0.6) is 0 Å². The molecule has 0 aliphatic heterocycles. The van der Waals surface area contributed by atoms with Crippen molar-refractivity contribution in [2.24, 2.45) is 5.73 Å². The third kappa shape index (κ3) is 3.54. The minimum absolute atomic E-state index is 0.275. The number of carbonyl (C=O) groups excluding carboxylic acids is 1.